The van der Waals surface area contributed by atoms with E-state index in [9.17, 15) is 0 Å². The number of hydrogen-bond acceptors (Lipinski definition) is 3. The van der Waals surface area contributed by atoms with Gasteiger partial charge < -0.3 is 20.5 Å². The largest absolute Gasteiger partial charge is 0.383 e. The first-order chi connectivity index (χ1) is 6.91. The van der Waals surface area contributed by atoms with Crippen molar-refractivity contribution in [2.45, 2.75) is 32.4 Å². The van der Waals surface area contributed by atoms with Crippen LogP contribution in [0.3, 0.4) is 0 Å². The molecule has 3 N–H and O–H groups in total. The Hall–Kier alpha value is -0.0800. The summed E-state index contributed by atoms with van der Waals surface area (Å²) in [6.07, 6.45) is 0. The molecule has 5 nitrogen and oxygen atoms in total. The third kappa shape index (κ3) is 9.17. The lowest BCUT2D eigenvalue weighted by molar-refractivity contribution is 0.0311. The summed E-state index contributed by atoms with van der Waals surface area (Å²) in [5.74, 6) is 0.421. The molecule has 0 radical (unpaired) electrons. The first kappa shape index (κ1) is 18.3. The van der Waals surface area contributed by atoms with E-state index in [1.165, 1.54) is 0 Å². The average molecular weight is 345 g/mol. The number of nitrogens with zero attached hydrogens (tertiary/aromatic N) is 1. The van der Waals surface area contributed by atoms with Crippen LogP contribution in [0.2, 0.25) is 0 Å². The van der Waals surface area contributed by atoms with Gasteiger partial charge in [0.25, 0.3) is 0 Å². The number of methoxy groups -OCH3 is 2. The summed E-state index contributed by atoms with van der Waals surface area (Å²) in [6.45, 7) is 7.03. The molecule has 1 atom stereocenters. The number of nitrogens with one attached hydrogen (secondary N) is 1. The van der Waals surface area contributed by atoms with Gasteiger partial charge in [-0.05, 0) is 20.8 Å². The summed E-state index contributed by atoms with van der Waals surface area (Å²) in [6, 6.07) is 0.157. The summed E-state index contributed by atoms with van der Waals surface area (Å²) in [5.41, 5.74) is 5.41. The molecular formula is C10H24IN3O2. The van der Waals surface area contributed by atoms with Crippen LogP contribution in [0.25, 0.3) is 0 Å². The maximum absolute atomic E-state index is 5.69. The lowest BCUT2D eigenvalue weighted by Crippen LogP contribution is -2.41. The molecule has 0 amide bonds. The summed E-state index contributed by atoms with van der Waals surface area (Å²) in [5, 5.41) is 3.02. The minimum atomic E-state index is -0.281. The van der Waals surface area contributed by atoms with Gasteiger partial charge in [-0.1, -0.05) is 0 Å². The second kappa shape index (κ2) is 9.00. The van der Waals surface area contributed by atoms with E-state index >= 15 is 0 Å². The van der Waals surface area contributed by atoms with Crippen molar-refractivity contribution in [3.63, 3.8) is 0 Å². The molecule has 0 saturated carbocycles. The van der Waals surface area contributed by atoms with E-state index in [1.807, 2.05) is 20.8 Å². The van der Waals surface area contributed by atoms with Crippen molar-refractivity contribution in [1.29, 1.82) is 0 Å². The Labute approximate surface area is 115 Å². The zero-order valence-corrected chi connectivity index (χ0v) is 13.1. The number of aliphatic imine (C=N–C) groups is 1. The first-order valence-corrected chi connectivity index (χ1v) is 5.02. The van der Waals surface area contributed by atoms with Gasteiger partial charge in [0.2, 0.25) is 0 Å². The van der Waals surface area contributed by atoms with Gasteiger partial charge >= 0.3 is 0 Å². The number of nitrogens with two attached hydrogens (primary N) is 1. The van der Waals surface area contributed by atoms with E-state index in [4.69, 9.17) is 15.2 Å². The molecule has 98 valence electrons. The minimum Gasteiger partial charge on any atom is -0.383 e. The normalized spacial score (nSPS) is 14.2. The summed E-state index contributed by atoms with van der Waals surface area (Å²) in [7, 11) is 3.31. The molecule has 0 aromatic rings. The van der Waals surface area contributed by atoms with Crippen LogP contribution in [-0.4, -0.2) is 45.0 Å². The van der Waals surface area contributed by atoms with Gasteiger partial charge in [0, 0.05) is 20.3 Å². The highest BCUT2D eigenvalue weighted by Crippen LogP contribution is 2.06. The van der Waals surface area contributed by atoms with Crippen molar-refractivity contribution in [3.05, 3.63) is 0 Å². The van der Waals surface area contributed by atoms with E-state index in [2.05, 4.69) is 10.3 Å². The van der Waals surface area contributed by atoms with Gasteiger partial charge in [0.1, 0.15) is 0 Å². The monoisotopic (exact) mass is 345 g/mol. The summed E-state index contributed by atoms with van der Waals surface area (Å²) >= 11 is 0. The molecule has 6 heteroatoms. The highest BCUT2D eigenvalue weighted by atomic mass is 127. The fourth-order valence-corrected chi connectivity index (χ4v) is 0.930. The van der Waals surface area contributed by atoms with E-state index < -0.39 is 0 Å². The van der Waals surface area contributed by atoms with Gasteiger partial charge in [-0.2, -0.15) is 0 Å². The lowest BCUT2D eigenvalue weighted by Gasteiger charge is -2.21. The van der Waals surface area contributed by atoms with Crippen LogP contribution in [0, 0.1) is 0 Å². The molecule has 0 aliphatic carbocycles. The molecule has 0 rings (SSSR count). The van der Waals surface area contributed by atoms with Crippen molar-refractivity contribution in [3.8, 4) is 0 Å². The van der Waals surface area contributed by atoms with Crippen LogP contribution < -0.4 is 11.1 Å². The molecule has 0 saturated heterocycles. The SMILES string of the molecule is COCC(C)NC(N)=NCC(C)(C)OC.I. The van der Waals surface area contributed by atoms with Gasteiger partial charge in [0.15, 0.2) is 5.96 Å². The number of halogens is 1. The zero-order chi connectivity index (χ0) is 11.9. The molecule has 0 bridgehead atoms. The molecule has 1 unspecified atom stereocenters. The fourth-order valence-electron chi connectivity index (χ4n) is 0.930. The molecule has 0 spiro atoms. The molecule has 0 aromatic heterocycles. The quantitative estimate of drug-likeness (QED) is 0.428. The molecule has 0 aliphatic rings. The number of rotatable bonds is 6. The standard InChI is InChI=1S/C10H23N3O2.HI/c1-8(6-14-4)13-9(11)12-7-10(2,3)15-5;/h8H,6-7H2,1-5H3,(H3,11,12,13);1H. The van der Waals surface area contributed by atoms with Crippen LogP contribution in [0.15, 0.2) is 4.99 Å². The van der Waals surface area contributed by atoms with Crippen LogP contribution in [0.1, 0.15) is 20.8 Å². The Morgan fingerprint density at radius 3 is 2.44 bits per heavy atom. The predicted octanol–water partition coefficient (Wildman–Crippen LogP) is 0.969. The molecule has 16 heavy (non-hydrogen) atoms. The second-order valence-corrected chi connectivity index (χ2v) is 4.17. The predicted molar refractivity (Wildman–Crippen MR) is 77.5 cm³/mol. The number of hydrogen-bond donors (Lipinski definition) is 2. The second-order valence-electron chi connectivity index (χ2n) is 4.17. The first-order valence-electron chi connectivity index (χ1n) is 5.02. The Morgan fingerprint density at radius 2 is 2.00 bits per heavy atom. The summed E-state index contributed by atoms with van der Waals surface area (Å²) in [4.78, 5) is 4.19. The van der Waals surface area contributed by atoms with Gasteiger partial charge in [-0.25, -0.2) is 0 Å². The minimum absolute atomic E-state index is 0. The molecule has 0 fully saturated rings. The lowest BCUT2D eigenvalue weighted by atomic mass is 10.1. The average Bonchev–Trinajstić information content (AvgIpc) is 2.15. The molecule has 0 aromatic carbocycles. The molecular weight excluding hydrogens is 321 g/mol. The third-order valence-corrected chi connectivity index (χ3v) is 1.99. The van der Waals surface area contributed by atoms with E-state index in [-0.39, 0.29) is 35.6 Å². The van der Waals surface area contributed by atoms with Crippen molar-refractivity contribution >= 4 is 29.9 Å². The van der Waals surface area contributed by atoms with Crippen LogP contribution in [0.4, 0.5) is 0 Å². The topological polar surface area (TPSA) is 68.9 Å². The Balaban J connectivity index is 0. The third-order valence-electron chi connectivity index (χ3n) is 1.99. The molecule has 0 aliphatic heterocycles. The highest BCUT2D eigenvalue weighted by Gasteiger charge is 2.15. The Kier molecular flexibility index (Phi) is 10.3. The van der Waals surface area contributed by atoms with E-state index in [1.54, 1.807) is 14.2 Å². The van der Waals surface area contributed by atoms with Crippen LogP contribution >= 0.6 is 24.0 Å². The van der Waals surface area contributed by atoms with Crippen LogP contribution in [0.5, 0.6) is 0 Å². The fraction of sp³-hybridized carbons (Fsp3) is 0.900. The van der Waals surface area contributed by atoms with Crippen molar-refractivity contribution in [1.82, 2.24) is 5.32 Å². The van der Waals surface area contributed by atoms with Gasteiger partial charge in [-0.3, -0.25) is 4.99 Å². The van der Waals surface area contributed by atoms with Gasteiger partial charge in [-0.15, -0.1) is 24.0 Å². The Morgan fingerprint density at radius 1 is 1.44 bits per heavy atom. The van der Waals surface area contributed by atoms with Crippen molar-refractivity contribution in [2.24, 2.45) is 10.7 Å². The van der Waals surface area contributed by atoms with Crippen molar-refractivity contribution < 1.29 is 9.47 Å². The smallest absolute Gasteiger partial charge is 0.188 e. The zero-order valence-electron chi connectivity index (χ0n) is 10.7. The Bertz CT molecular complexity index is 210. The van der Waals surface area contributed by atoms with Crippen LogP contribution in [-0.2, 0) is 9.47 Å². The highest BCUT2D eigenvalue weighted by molar-refractivity contribution is 14.0. The number of guanidine groups is 1. The van der Waals surface area contributed by atoms with Gasteiger partial charge in [0.05, 0.1) is 18.8 Å². The maximum atomic E-state index is 5.69. The maximum Gasteiger partial charge on any atom is 0.188 e. The van der Waals surface area contributed by atoms with E-state index in [0.717, 1.165) is 0 Å². The molecule has 0 heterocycles. The van der Waals surface area contributed by atoms with E-state index in [0.29, 0.717) is 19.1 Å². The summed E-state index contributed by atoms with van der Waals surface area (Å²) < 4.78 is 10.2. The van der Waals surface area contributed by atoms with Crippen molar-refractivity contribution in [2.75, 3.05) is 27.4 Å². The number of ether oxygens (including phenoxy) is 2.